The summed E-state index contributed by atoms with van der Waals surface area (Å²) >= 11 is 0. The molecule has 1 saturated carbocycles. The molecule has 2 N–H and O–H groups in total. The van der Waals surface area contributed by atoms with Gasteiger partial charge in [0.15, 0.2) is 0 Å². The van der Waals surface area contributed by atoms with E-state index in [1.807, 2.05) is 0 Å². The Morgan fingerprint density at radius 1 is 1.36 bits per heavy atom. The number of hydrogen-bond donors (Lipinski definition) is 2. The third-order valence-corrected chi connectivity index (χ3v) is 4.20. The number of aliphatic hydroxyl groups is 1. The fourth-order valence-corrected chi connectivity index (χ4v) is 2.92. The summed E-state index contributed by atoms with van der Waals surface area (Å²) in [6.07, 6.45) is 2.01. The number of aliphatic hydroxyl groups excluding tert-OH is 1. The first kappa shape index (κ1) is 9.97. The van der Waals surface area contributed by atoms with E-state index in [4.69, 9.17) is 0 Å². The first-order valence-electron chi connectivity index (χ1n) is 5.45. The lowest BCUT2D eigenvalue weighted by atomic mass is 9.61. The largest absolute Gasteiger partial charge is 0.393 e. The van der Waals surface area contributed by atoms with E-state index in [1.54, 1.807) is 0 Å². The van der Waals surface area contributed by atoms with Gasteiger partial charge in [-0.15, -0.1) is 0 Å². The van der Waals surface area contributed by atoms with Crippen LogP contribution in [0.2, 0.25) is 0 Å². The van der Waals surface area contributed by atoms with Gasteiger partial charge in [-0.3, -0.25) is 4.79 Å². The van der Waals surface area contributed by atoms with Crippen molar-refractivity contribution in [3.05, 3.63) is 0 Å². The van der Waals surface area contributed by atoms with E-state index in [-0.39, 0.29) is 17.4 Å². The summed E-state index contributed by atoms with van der Waals surface area (Å²) in [6.45, 7) is 5.20. The Hall–Kier alpha value is -0.570. The van der Waals surface area contributed by atoms with Crippen molar-refractivity contribution in [1.29, 1.82) is 0 Å². The van der Waals surface area contributed by atoms with E-state index in [1.165, 1.54) is 0 Å². The van der Waals surface area contributed by atoms with Crippen LogP contribution in [0.5, 0.6) is 0 Å². The molecule has 2 aliphatic rings. The van der Waals surface area contributed by atoms with Crippen LogP contribution in [0.25, 0.3) is 0 Å². The number of carbonyl (C=O) groups is 1. The fourth-order valence-electron chi connectivity index (χ4n) is 2.92. The number of amides is 1. The second-order valence-corrected chi connectivity index (χ2v) is 5.35. The maximum Gasteiger partial charge on any atom is 0.220 e. The van der Waals surface area contributed by atoms with Crippen molar-refractivity contribution in [3.8, 4) is 0 Å². The second kappa shape index (κ2) is 3.23. The fraction of sp³-hybridized carbons (Fsp3) is 0.909. The zero-order valence-corrected chi connectivity index (χ0v) is 8.92. The molecule has 2 fully saturated rings. The SMILES string of the molecule is CC1(C)[C@@H]2CC(=O)NC[C@H]1C[C@@H](O)C2. The van der Waals surface area contributed by atoms with Crippen molar-refractivity contribution < 1.29 is 9.90 Å². The van der Waals surface area contributed by atoms with Gasteiger partial charge in [-0.25, -0.2) is 0 Å². The minimum atomic E-state index is -0.203. The minimum Gasteiger partial charge on any atom is -0.393 e. The predicted octanol–water partition coefficient (Wildman–Crippen LogP) is 0.920. The summed E-state index contributed by atoms with van der Waals surface area (Å²) in [5.41, 5.74) is 0.193. The van der Waals surface area contributed by atoms with Crippen LogP contribution in [0.15, 0.2) is 0 Å². The van der Waals surface area contributed by atoms with Gasteiger partial charge in [0.25, 0.3) is 0 Å². The van der Waals surface area contributed by atoms with Crippen molar-refractivity contribution in [2.45, 2.75) is 39.2 Å². The molecule has 0 aromatic carbocycles. The Kier molecular flexibility index (Phi) is 2.30. The highest BCUT2D eigenvalue weighted by atomic mass is 16.3. The molecule has 2 rings (SSSR count). The molecule has 0 unspecified atom stereocenters. The number of nitrogens with one attached hydrogen (secondary N) is 1. The quantitative estimate of drug-likeness (QED) is 0.606. The summed E-state index contributed by atoms with van der Waals surface area (Å²) in [5, 5.41) is 12.7. The molecule has 0 radical (unpaired) electrons. The lowest BCUT2D eigenvalue weighted by Gasteiger charge is -2.45. The topological polar surface area (TPSA) is 49.3 Å². The van der Waals surface area contributed by atoms with E-state index in [0.717, 1.165) is 19.4 Å². The minimum absolute atomic E-state index is 0.152. The average molecular weight is 197 g/mol. The third-order valence-electron chi connectivity index (χ3n) is 4.20. The summed E-state index contributed by atoms with van der Waals surface area (Å²) in [5.74, 6) is 0.932. The molecule has 3 nitrogen and oxygen atoms in total. The van der Waals surface area contributed by atoms with E-state index in [9.17, 15) is 9.90 Å². The Morgan fingerprint density at radius 3 is 2.71 bits per heavy atom. The van der Waals surface area contributed by atoms with Crippen LogP contribution in [0, 0.1) is 17.3 Å². The maximum absolute atomic E-state index is 11.4. The van der Waals surface area contributed by atoms with Gasteiger partial charge in [-0.05, 0) is 30.1 Å². The van der Waals surface area contributed by atoms with E-state index < -0.39 is 0 Å². The Labute approximate surface area is 84.9 Å². The lowest BCUT2D eigenvalue weighted by molar-refractivity contribution is -0.122. The second-order valence-electron chi connectivity index (χ2n) is 5.35. The average Bonchev–Trinajstić information content (AvgIpc) is 2.18. The van der Waals surface area contributed by atoms with E-state index in [2.05, 4.69) is 19.2 Å². The zero-order valence-electron chi connectivity index (χ0n) is 8.92. The van der Waals surface area contributed by atoms with E-state index in [0.29, 0.717) is 18.3 Å². The molecule has 1 amide bonds. The molecular weight excluding hydrogens is 178 g/mol. The van der Waals surface area contributed by atoms with Gasteiger partial charge in [0.05, 0.1) is 6.10 Å². The smallest absolute Gasteiger partial charge is 0.220 e. The van der Waals surface area contributed by atoms with Gasteiger partial charge in [0.2, 0.25) is 5.91 Å². The molecule has 1 saturated heterocycles. The van der Waals surface area contributed by atoms with Crippen LogP contribution in [0.1, 0.15) is 33.1 Å². The predicted molar refractivity (Wildman–Crippen MR) is 53.6 cm³/mol. The van der Waals surface area contributed by atoms with Crippen molar-refractivity contribution in [3.63, 3.8) is 0 Å². The number of fused-ring (bicyclic) bond motifs is 2. The zero-order chi connectivity index (χ0) is 10.3. The lowest BCUT2D eigenvalue weighted by Crippen LogP contribution is -2.42. The van der Waals surface area contributed by atoms with Crippen LogP contribution in [0.3, 0.4) is 0 Å². The number of carbonyl (C=O) groups excluding carboxylic acids is 1. The van der Waals surface area contributed by atoms with Crippen LogP contribution in [-0.2, 0) is 4.79 Å². The molecule has 3 atom stereocenters. The van der Waals surface area contributed by atoms with Crippen LogP contribution in [-0.4, -0.2) is 23.7 Å². The van der Waals surface area contributed by atoms with Crippen molar-refractivity contribution in [1.82, 2.24) is 5.32 Å². The third kappa shape index (κ3) is 1.54. The van der Waals surface area contributed by atoms with Gasteiger partial charge in [0.1, 0.15) is 0 Å². The van der Waals surface area contributed by atoms with Gasteiger partial charge in [-0.2, -0.15) is 0 Å². The Bertz CT molecular complexity index is 250. The van der Waals surface area contributed by atoms with Crippen LogP contribution in [0.4, 0.5) is 0 Å². The van der Waals surface area contributed by atoms with Crippen molar-refractivity contribution >= 4 is 5.91 Å². The molecule has 0 aromatic heterocycles. The number of hydrogen-bond acceptors (Lipinski definition) is 2. The highest BCUT2D eigenvalue weighted by Crippen LogP contribution is 2.47. The first-order chi connectivity index (χ1) is 6.50. The van der Waals surface area contributed by atoms with Crippen molar-refractivity contribution in [2.75, 3.05) is 6.54 Å². The Morgan fingerprint density at radius 2 is 2.00 bits per heavy atom. The molecule has 0 aromatic rings. The Balaban J connectivity index is 2.25. The summed E-state index contributed by atoms with van der Waals surface area (Å²) < 4.78 is 0. The number of rotatable bonds is 0. The van der Waals surface area contributed by atoms with Crippen molar-refractivity contribution in [2.24, 2.45) is 17.3 Å². The van der Waals surface area contributed by atoms with Gasteiger partial charge >= 0.3 is 0 Å². The van der Waals surface area contributed by atoms with Gasteiger partial charge in [-0.1, -0.05) is 13.8 Å². The first-order valence-corrected chi connectivity index (χ1v) is 5.45. The maximum atomic E-state index is 11.4. The summed E-state index contributed by atoms with van der Waals surface area (Å²) in [6, 6.07) is 0. The van der Waals surface area contributed by atoms with E-state index >= 15 is 0 Å². The molecule has 0 spiro atoms. The van der Waals surface area contributed by atoms with Gasteiger partial charge in [0, 0.05) is 13.0 Å². The molecule has 1 heterocycles. The highest BCUT2D eigenvalue weighted by Gasteiger charge is 2.45. The standard InChI is InChI=1S/C11H19NO2/c1-11(2)7-3-9(13)4-8(11)6-12-10(14)5-7/h7-9,13H,3-6H2,1-2H3,(H,12,14)/t7-,8+,9-/m0/s1. The summed E-state index contributed by atoms with van der Waals surface area (Å²) in [7, 11) is 0. The normalized spacial score (nSPS) is 41.4. The van der Waals surface area contributed by atoms with Crippen LogP contribution < -0.4 is 5.32 Å². The highest BCUT2D eigenvalue weighted by molar-refractivity contribution is 5.76. The molecular formula is C11H19NO2. The van der Waals surface area contributed by atoms with Gasteiger partial charge < -0.3 is 10.4 Å². The molecule has 80 valence electrons. The summed E-state index contributed by atoms with van der Waals surface area (Å²) in [4.78, 5) is 11.4. The monoisotopic (exact) mass is 197 g/mol. The molecule has 1 aliphatic carbocycles. The molecule has 2 bridgehead atoms. The molecule has 14 heavy (non-hydrogen) atoms. The molecule has 1 aliphatic heterocycles. The van der Waals surface area contributed by atoms with Crippen LogP contribution >= 0.6 is 0 Å². The molecule has 3 heteroatoms.